The first-order valence-electron chi connectivity index (χ1n) is 11.4. The zero-order valence-corrected chi connectivity index (χ0v) is 21.1. The largest absolute Gasteiger partial charge is 0.418 e. The van der Waals surface area contributed by atoms with Crippen LogP contribution in [0.2, 0.25) is 5.02 Å². The zero-order chi connectivity index (χ0) is 29.8. The molecule has 1 unspecified atom stereocenters. The number of hydrogen-bond acceptors (Lipinski definition) is 6. The second-order valence-corrected chi connectivity index (χ2v) is 9.79. The van der Waals surface area contributed by atoms with Crippen LogP contribution in [0.4, 0.5) is 36.6 Å². The summed E-state index contributed by atoms with van der Waals surface area (Å²) in [4.78, 5) is 29.6. The molecule has 40 heavy (non-hydrogen) atoms. The van der Waals surface area contributed by atoms with E-state index in [9.17, 15) is 45.4 Å². The fourth-order valence-electron chi connectivity index (χ4n) is 4.20. The maximum Gasteiger partial charge on any atom is 0.418 e. The third-order valence-electron chi connectivity index (χ3n) is 6.42. The number of carbonyl (C=O) groups is 2. The lowest BCUT2D eigenvalue weighted by Gasteiger charge is -2.27. The Morgan fingerprint density at radius 1 is 1.18 bits per heavy atom. The molecule has 0 radical (unpaired) electrons. The van der Waals surface area contributed by atoms with Gasteiger partial charge in [0, 0.05) is 12.1 Å². The van der Waals surface area contributed by atoms with E-state index in [4.69, 9.17) is 17.3 Å². The number of rotatable bonds is 5. The summed E-state index contributed by atoms with van der Waals surface area (Å²) in [6.07, 6.45) is -12.2. The van der Waals surface area contributed by atoms with Crippen molar-refractivity contribution >= 4 is 34.7 Å². The van der Waals surface area contributed by atoms with Gasteiger partial charge in [-0.25, -0.2) is 13.9 Å². The van der Waals surface area contributed by atoms with Gasteiger partial charge >= 0.3 is 12.4 Å². The van der Waals surface area contributed by atoms with Gasteiger partial charge in [0.15, 0.2) is 11.4 Å². The predicted octanol–water partition coefficient (Wildman–Crippen LogP) is 3.63. The molecule has 1 aliphatic heterocycles. The first-order chi connectivity index (χ1) is 18.4. The molecule has 0 spiro atoms. The molecule has 2 amide bonds. The van der Waals surface area contributed by atoms with Gasteiger partial charge in [-0.05, 0) is 25.1 Å². The van der Waals surface area contributed by atoms with Crippen molar-refractivity contribution in [1.29, 1.82) is 0 Å². The van der Waals surface area contributed by atoms with E-state index in [1.165, 1.54) is 12.1 Å². The Bertz CT molecular complexity index is 1470. The third-order valence-corrected chi connectivity index (χ3v) is 6.75. The van der Waals surface area contributed by atoms with Gasteiger partial charge in [0.1, 0.15) is 18.0 Å². The Kier molecular flexibility index (Phi) is 7.38. The molecule has 4 N–H and O–H groups in total. The molecule has 216 valence electrons. The number of alkyl halides is 7. The summed E-state index contributed by atoms with van der Waals surface area (Å²) >= 11 is 6.13. The van der Waals surface area contributed by atoms with Crippen molar-refractivity contribution in [1.82, 2.24) is 24.8 Å². The molecule has 1 aliphatic rings. The van der Waals surface area contributed by atoms with Gasteiger partial charge in [-0.3, -0.25) is 9.59 Å². The Hall–Kier alpha value is -3.66. The highest BCUT2D eigenvalue weighted by Gasteiger charge is 2.52. The number of likely N-dealkylation sites (tertiary alicyclic amines) is 1. The third kappa shape index (κ3) is 5.50. The minimum absolute atomic E-state index is 0.0626. The molecule has 1 saturated heterocycles. The van der Waals surface area contributed by atoms with Crippen molar-refractivity contribution in [3.05, 3.63) is 46.7 Å². The molecule has 1 aromatic carbocycles. The number of aliphatic hydroxyl groups is 1. The molecular formula is C23H20ClF7N6O3. The van der Waals surface area contributed by atoms with Crippen LogP contribution in [0.5, 0.6) is 0 Å². The summed E-state index contributed by atoms with van der Waals surface area (Å²) in [5.41, 5.74) is 0.369. The second kappa shape index (κ2) is 10.1. The van der Waals surface area contributed by atoms with E-state index in [1.807, 2.05) is 0 Å². The summed E-state index contributed by atoms with van der Waals surface area (Å²) in [5.74, 6) is -2.57. The molecule has 0 aliphatic carbocycles. The van der Waals surface area contributed by atoms with Gasteiger partial charge in [-0.1, -0.05) is 17.7 Å². The number of hydrogen-bond donors (Lipinski definition) is 3. The minimum Gasteiger partial charge on any atom is -0.382 e. The van der Waals surface area contributed by atoms with E-state index in [2.05, 4.69) is 15.4 Å². The molecular weight excluding hydrogens is 577 g/mol. The molecule has 3 aromatic rings. The number of fused-ring (bicyclic) bond motifs is 1. The molecule has 0 saturated carbocycles. The molecule has 4 rings (SSSR count). The lowest BCUT2D eigenvalue weighted by molar-refractivity contribution is -0.254. The number of nitrogens with zero attached hydrogens (tertiary/aromatic N) is 4. The molecule has 3 heterocycles. The molecule has 2 aromatic heterocycles. The summed E-state index contributed by atoms with van der Waals surface area (Å²) in [7, 11) is 0. The highest BCUT2D eigenvalue weighted by molar-refractivity contribution is 6.34. The Morgan fingerprint density at radius 3 is 2.48 bits per heavy atom. The number of benzene rings is 1. The maximum atomic E-state index is 14.7. The molecule has 3 atom stereocenters. The van der Waals surface area contributed by atoms with Gasteiger partial charge in [0.05, 0.1) is 40.9 Å². The summed E-state index contributed by atoms with van der Waals surface area (Å²) in [6, 6.07) is 3.10. The van der Waals surface area contributed by atoms with Crippen molar-refractivity contribution < 1.29 is 45.4 Å². The molecule has 0 bridgehead atoms. The Morgan fingerprint density at radius 2 is 1.85 bits per heavy atom. The van der Waals surface area contributed by atoms with Crippen LogP contribution in [0, 0.1) is 0 Å². The maximum absolute atomic E-state index is 14.7. The number of nitrogen functional groups attached to an aromatic ring is 1. The average Bonchev–Trinajstić information content (AvgIpc) is 3.40. The van der Waals surface area contributed by atoms with Crippen LogP contribution in [0.25, 0.3) is 16.8 Å². The number of carbonyl (C=O) groups excluding carboxylic acids is 2. The topological polar surface area (TPSA) is 126 Å². The molecule has 17 heteroatoms. The smallest absolute Gasteiger partial charge is 0.382 e. The van der Waals surface area contributed by atoms with Gasteiger partial charge < -0.3 is 21.1 Å². The molecule has 1 fully saturated rings. The number of halogens is 8. The standard InChI is InChI=1S/C23H20ClF7N6O3/c1-21(40,23(29,30)31)6-17(38)36-7-14(25)15(8-36)35-20(39)11-4-10(2-3-13(11)24)16-5-12(22(26,27)28)18-19(32)33-9-34-37(16)18/h2-5,9,14-15,40H,6-8H2,1H3,(H,35,39)(H2,32,33,34)/t14-,15+,21?/m0/s1. The van der Waals surface area contributed by atoms with E-state index >= 15 is 0 Å². The van der Waals surface area contributed by atoms with Crippen molar-refractivity contribution in [3.63, 3.8) is 0 Å². The summed E-state index contributed by atoms with van der Waals surface area (Å²) in [5, 5.41) is 15.5. The van der Waals surface area contributed by atoms with Crippen LogP contribution in [0.1, 0.15) is 29.3 Å². The summed E-state index contributed by atoms with van der Waals surface area (Å²) in [6.45, 7) is -0.719. The lowest BCUT2D eigenvalue weighted by Crippen LogP contribution is -2.47. The van der Waals surface area contributed by atoms with Crippen LogP contribution >= 0.6 is 11.6 Å². The predicted molar refractivity (Wildman–Crippen MR) is 127 cm³/mol. The van der Waals surface area contributed by atoms with E-state index in [0.29, 0.717) is 6.92 Å². The SMILES string of the molecule is CC(O)(CC(=O)N1C[C@H](F)[C@H](NC(=O)c2cc(-c3cc(C(F)(F)F)c4c(N)ncnn34)ccc2Cl)C1)C(F)(F)F. The van der Waals surface area contributed by atoms with E-state index in [0.717, 1.165) is 27.9 Å². The Labute approximate surface area is 225 Å². The monoisotopic (exact) mass is 596 g/mol. The fourth-order valence-corrected chi connectivity index (χ4v) is 4.41. The van der Waals surface area contributed by atoms with Crippen molar-refractivity contribution in [2.75, 3.05) is 18.8 Å². The fraction of sp³-hybridized carbons (Fsp3) is 0.391. The van der Waals surface area contributed by atoms with Crippen molar-refractivity contribution in [3.8, 4) is 11.3 Å². The highest BCUT2D eigenvalue weighted by Crippen LogP contribution is 2.39. The number of anilines is 1. The number of aromatic nitrogens is 3. The zero-order valence-electron chi connectivity index (χ0n) is 20.3. The van der Waals surface area contributed by atoms with Crippen LogP contribution in [0.3, 0.4) is 0 Å². The number of nitrogens with two attached hydrogens (primary N) is 1. The van der Waals surface area contributed by atoms with E-state index < -0.39 is 78.4 Å². The van der Waals surface area contributed by atoms with Crippen molar-refractivity contribution in [2.24, 2.45) is 0 Å². The minimum atomic E-state index is -5.10. The van der Waals surface area contributed by atoms with E-state index in [1.54, 1.807) is 0 Å². The van der Waals surface area contributed by atoms with Crippen LogP contribution in [-0.2, 0) is 11.0 Å². The van der Waals surface area contributed by atoms with Crippen LogP contribution < -0.4 is 11.1 Å². The van der Waals surface area contributed by atoms with Crippen LogP contribution in [-0.4, -0.2) is 73.5 Å². The summed E-state index contributed by atoms with van der Waals surface area (Å²) < 4.78 is 95.3. The van der Waals surface area contributed by atoms with Crippen molar-refractivity contribution in [2.45, 2.75) is 43.5 Å². The molecule has 9 nitrogen and oxygen atoms in total. The highest BCUT2D eigenvalue weighted by atomic mass is 35.5. The van der Waals surface area contributed by atoms with Gasteiger partial charge in [0.2, 0.25) is 5.91 Å². The Balaban J connectivity index is 1.57. The number of amides is 2. The first kappa shape index (κ1) is 29.3. The lowest BCUT2D eigenvalue weighted by atomic mass is 10.0. The normalized spacial score (nSPS) is 19.6. The first-order valence-corrected chi connectivity index (χ1v) is 11.8. The van der Waals surface area contributed by atoms with Crippen LogP contribution in [0.15, 0.2) is 30.6 Å². The van der Waals surface area contributed by atoms with E-state index in [-0.39, 0.29) is 21.8 Å². The average molecular weight is 597 g/mol. The van der Waals surface area contributed by atoms with Gasteiger partial charge in [0.25, 0.3) is 5.91 Å². The second-order valence-electron chi connectivity index (χ2n) is 9.38. The van der Waals surface area contributed by atoms with Gasteiger partial charge in [-0.2, -0.15) is 31.4 Å². The number of nitrogens with one attached hydrogen (secondary N) is 1. The van der Waals surface area contributed by atoms with Gasteiger partial charge in [-0.15, -0.1) is 0 Å². The quantitative estimate of drug-likeness (QED) is 0.386.